The van der Waals surface area contributed by atoms with Crippen LogP contribution < -0.4 is 37.8 Å². The summed E-state index contributed by atoms with van der Waals surface area (Å²) in [4.78, 5) is 32.6. The number of benzene rings is 4. The fourth-order valence-corrected chi connectivity index (χ4v) is 13.6. The average Bonchev–Trinajstić information content (AvgIpc) is 1.57. The standard InChI is InChI=1S/C35H39F2NO6.C31H31F2NO6.Li.H2O/c1-18-6-23(42-15-20-12-35(41,13-20)17-39)7-19(2)30(18)24-9-22(27(36)11-28(24)37)16-43-29-10-21-8-25-31(26(21)14-38-29)32(25)33(40)44-34(3,4)5;1-15-3-20(39-12-17-9-31(38,10-17)14-35)4-16(2)27(15)21-6-19(24(32)8-25(21)33)13-40-26-7-18-5-22-28(23(18)11-34-26)29(22)30(36)37;;/h6-7,9-11,14,20,25,31-32,39,41H,8,12-13,15-17H2,1-5H3;3-4,6-8,11,17,22,28-29,35,38H,5,9-10,12-14H2,1-2H3,(H,36,37);;1H2/q;;+1;/p-1/t20?,25-,31-,32+,35?;17?,22-,28-,29+,31?;;/m11../s1. The SMILES string of the molecule is Cc1cc(OCC2CC(O)(CO)C2)cc(C)c1-c1cc(COc2cc3c(cn2)[C@H]2[C@@H](C3)[C@@H]2C(=O)O)c(F)cc1F.Cc1cc(OCC2CC(O)(CO)C2)cc(C)c1-c1cc(COc2cc3c(cn2)[C@H]2[C@@H](C3)[C@@H]2C(=O)OC(C)(C)C)c(F)cc1F.[Li+].[OH-]. The van der Waals surface area contributed by atoms with Gasteiger partial charge in [-0.1, -0.05) is 0 Å². The van der Waals surface area contributed by atoms with Crippen LogP contribution >= 0.6 is 0 Å². The van der Waals surface area contributed by atoms with Crippen LogP contribution in [0.3, 0.4) is 0 Å². The van der Waals surface area contributed by atoms with E-state index in [9.17, 15) is 43.9 Å². The molecule has 15 nitrogen and oxygen atoms in total. The summed E-state index contributed by atoms with van der Waals surface area (Å²) in [5.41, 5.74) is 6.84. The molecule has 0 spiro atoms. The number of carboxylic acids is 1. The van der Waals surface area contributed by atoms with Gasteiger partial charge in [0.25, 0.3) is 0 Å². The maximum absolute atomic E-state index is 15.1. The van der Waals surface area contributed by atoms with E-state index in [2.05, 4.69) is 9.97 Å². The predicted octanol–water partition coefficient (Wildman–Crippen LogP) is 7.49. The predicted molar refractivity (Wildman–Crippen MR) is 302 cm³/mol. The van der Waals surface area contributed by atoms with E-state index < -0.39 is 46.0 Å². The Morgan fingerprint density at radius 3 is 1.34 bits per heavy atom. The van der Waals surface area contributed by atoms with Gasteiger partial charge in [-0.15, -0.1) is 0 Å². The first-order chi connectivity index (χ1) is 39.8. The Balaban J connectivity index is 0.000000202. The van der Waals surface area contributed by atoms with Crippen LogP contribution in [-0.4, -0.2) is 96.1 Å². The van der Waals surface area contributed by atoms with E-state index in [1.54, 1.807) is 18.5 Å². The number of ether oxygens (including phenoxy) is 5. The molecule has 2 heterocycles. The summed E-state index contributed by atoms with van der Waals surface area (Å²) in [6.45, 7) is 13.0. The molecule has 0 unspecified atom stereocenters. The topological polar surface area (TPSA) is 237 Å². The molecule has 6 N–H and O–H groups in total. The Morgan fingerprint density at radius 1 is 0.581 bits per heavy atom. The molecule has 6 aliphatic carbocycles. The van der Waals surface area contributed by atoms with Gasteiger partial charge in [0, 0.05) is 70.7 Å². The number of aliphatic hydroxyl groups excluding tert-OH is 2. The molecule has 20 heteroatoms. The minimum absolute atomic E-state index is 0. The number of carbonyl (C=O) groups is 2. The van der Waals surface area contributed by atoms with E-state index in [1.165, 1.54) is 12.1 Å². The molecule has 0 amide bonds. The van der Waals surface area contributed by atoms with Gasteiger partial charge in [-0.2, -0.15) is 0 Å². The monoisotopic (exact) mass is 1180 g/mol. The Labute approximate surface area is 508 Å². The maximum atomic E-state index is 15.1. The van der Waals surface area contributed by atoms with E-state index in [-0.39, 0.29) is 126 Å². The third-order valence-electron chi connectivity index (χ3n) is 17.7. The summed E-state index contributed by atoms with van der Waals surface area (Å²) in [6.07, 6.45) is 6.73. The minimum Gasteiger partial charge on any atom is -0.870 e. The molecule has 4 aromatic carbocycles. The zero-order valence-corrected chi connectivity index (χ0v) is 49.5. The van der Waals surface area contributed by atoms with Gasteiger partial charge < -0.3 is 54.7 Å². The van der Waals surface area contributed by atoms with Crippen LogP contribution in [0, 0.1) is 86.5 Å². The van der Waals surface area contributed by atoms with Crippen LogP contribution in [0.15, 0.2) is 73.1 Å². The van der Waals surface area contributed by atoms with Gasteiger partial charge in [0.15, 0.2) is 0 Å². The molecule has 0 radical (unpaired) electrons. The fourth-order valence-electron chi connectivity index (χ4n) is 13.6. The number of nitrogens with zero attached hydrogens (tertiary/aromatic N) is 2. The number of esters is 1. The van der Waals surface area contributed by atoms with Crippen LogP contribution in [0.4, 0.5) is 17.6 Å². The number of carboxylic acid groups (broad SMARTS) is 1. The van der Waals surface area contributed by atoms with E-state index in [0.717, 1.165) is 63.1 Å². The first-order valence-corrected chi connectivity index (χ1v) is 28.6. The van der Waals surface area contributed by atoms with E-state index in [0.29, 0.717) is 79.7 Å². The Kier molecular flexibility index (Phi) is 18.2. The van der Waals surface area contributed by atoms with Crippen molar-refractivity contribution in [3.8, 4) is 45.5 Å². The normalized spacial score (nSPS) is 25.0. The number of aliphatic hydroxyl groups is 4. The fraction of sp³-hybridized carbons (Fsp3) is 0.455. The molecule has 6 atom stereocenters. The zero-order valence-electron chi connectivity index (χ0n) is 49.5. The minimum atomic E-state index is -1.01. The van der Waals surface area contributed by atoms with Gasteiger partial charge >= 0.3 is 30.8 Å². The maximum Gasteiger partial charge on any atom is 1.00 e. The Morgan fingerprint density at radius 2 is 0.965 bits per heavy atom. The van der Waals surface area contributed by atoms with Crippen LogP contribution in [-0.2, 0) is 40.4 Å². The van der Waals surface area contributed by atoms with E-state index >= 15 is 8.78 Å². The first kappa shape index (κ1) is 63.9. The van der Waals surface area contributed by atoms with Gasteiger partial charge in [0.05, 0.1) is 49.5 Å². The largest absolute Gasteiger partial charge is 1.00 e. The number of carbonyl (C=O) groups excluding carboxylic acids is 1. The van der Waals surface area contributed by atoms with Gasteiger partial charge in [-0.25, -0.2) is 27.5 Å². The van der Waals surface area contributed by atoms with Crippen LogP contribution in [0.2, 0.25) is 0 Å². The molecule has 0 saturated heterocycles. The summed E-state index contributed by atoms with van der Waals surface area (Å²) in [5.74, 6) is -1.50. The van der Waals surface area contributed by atoms with Crippen molar-refractivity contribution in [2.24, 2.45) is 35.5 Å². The molecule has 452 valence electrons. The molecule has 4 saturated carbocycles. The van der Waals surface area contributed by atoms with Crippen molar-refractivity contribution in [2.75, 3.05) is 26.4 Å². The molecular weight excluding hydrogens is 1110 g/mol. The number of aliphatic carboxylic acids is 1. The number of hydrogen-bond donors (Lipinski definition) is 5. The molecule has 4 fully saturated rings. The number of aryl methyl sites for hydroxylation is 4. The number of hydrogen-bond acceptors (Lipinski definition) is 14. The summed E-state index contributed by atoms with van der Waals surface area (Å²) >= 11 is 0. The Hall–Kier alpha value is -6.56. The second kappa shape index (κ2) is 24.5. The van der Waals surface area contributed by atoms with Crippen molar-refractivity contribution in [3.05, 3.63) is 152 Å². The molecule has 12 rings (SSSR count). The summed E-state index contributed by atoms with van der Waals surface area (Å²) < 4.78 is 88.9. The number of rotatable bonds is 18. The van der Waals surface area contributed by atoms with Crippen LogP contribution in [0.25, 0.3) is 22.3 Å². The van der Waals surface area contributed by atoms with Crippen molar-refractivity contribution >= 4 is 11.9 Å². The molecule has 6 aliphatic rings. The van der Waals surface area contributed by atoms with Gasteiger partial charge in [-0.3, -0.25) is 9.59 Å². The van der Waals surface area contributed by atoms with Gasteiger partial charge in [0.2, 0.25) is 11.8 Å². The number of fused-ring (bicyclic) bond motifs is 6. The van der Waals surface area contributed by atoms with Crippen molar-refractivity contribution < 1.29 is 101 Å². The number of halogens is 4. The molecular formula is C66H71F4LiN2O13. The number of pyridine rings is 2. The summed E-state index contributed by atoms with van der Waals surface area (Å²) in [6, 6.07) is 15.6. The van der Waals surface area contributed by atoms with Crippen molar-refractivity contribution in [1.82, 2.24) is 9.97 Å². The third-order valence-corrected chi connectivity index (χ3v) is 17.7. The average molecular weight is 1180 g/mol. The zero-order chi connectivity index (χ0) is 59.9. The molecule has 2 aromatic heterocycles. The van der Waals surface area contributed by atoms with E-state index in [1.807, 2.05) is 78.8 Å². The second-order valence-corrected chi connectivity index (χ2v) is 25.4. The van der Waals surface area contributed by atoms with Gasteiger partial charge in [-0.05, 0) is 203 Å². The van der Waals surface area contributed by atoms with Gasteiger partial charge in [0.1, 0.15) is 53.6 Å². The molecule has 86 heavy (non-hydrogen) atoms. The third kappa shape index (κ3) is 13.0. The summed E-state index contributed by atoms with van der Waals surface area (Å²) in [5, 5.41) is 47.7. The molecule has 6 aromatic rings. The van der Waals surface area contributed by atoms with E-state index in [4.69, 9.17) is 23.7 Å². The quantitative estimate of drug-likeness (QED) is 0.0318. The Bertz CT molecular complexity index is 3540. The number of aromatic nitrogens is 2. The summed E-state index contributed by atoms with van der Waals surface area (Å²) in [7, 11) is 0. The van der Waals surface area contributed by atoms with Crippen LogP contribution in [0.5, 0.6) is 23.3 Å². The van der Waals surface area contributed by atoms with Crippen LogP contribution in [0.1, 0.15) is 114 Å². The second-order valence-electron chi connectivity index (χ2n) is 25.4. The smallest absolute Gasteiger partial charge is 0.870 e. The van der Waals surface area contributed by atoms with Crippen molar-refractivity contribution in [3.63, 3.8) is 0 Å². The van der Waals surface area contributed by atoms with Crippen molar-refractivity contribution in [1.29, 1.82) is 0 Å². The molecule has 0 aliphatic heterocycles. The molecule has 0 bridgehead atoms. The first-order valence-electron chi connectivity index (χ1n) is 28.6. The van der Waals surface area contributed by atoms with Crippen molar-refractivity contribution in [2.45, 2.75) is 129 Å².